The summed E-state index contributed by atoms with van der Waals surface area (Å²) >= 11 is 12.7. The van der Waals surface area contributed by atoms with Gasteiger partial charge in [0.2, 0.25) is 5.79 Å². The van der Waals surface area contributed by atoms with Crippen molar-refractivity contribution in [3.05, 3.63) is 148 Å². The fourth-order valence-electron chi connectivity index (χ4n) is 6.18. The fourth-order valence-corrected chi connectivity index (χ4v) is 6.71. The van der Waals surface area contributed by atoms with Crippen LogP contribution < -0.4 is 4.74 Å². The molecule has 7 rings (SSSR count). The molecule has 1 fully saturated rings. The van der Waals surface area contributed by atoms with Gasteiger partial charge in [0, 0.05) is 47.6 Å². The predicted octanol–water partition coefficient (Wildman–Crippen LogP) is 8.28. The van der Waals surface area contributed by atoms with Crippen molar-refractivity contribution in [3.8, 4) is 16.9 Å². The number of benzene rings is 4. The number of rotatable bonds is 10. The Labute approximate surface area is 279 Å². The average Bonchev–Trinajstić information content (AvgIpc) is 3.75. The highest BCUT2D eigenvalue weighted by atomic mass is 35.5. The van der Waals surface area contributed by atoms with E-state index in [-0.39, 0.29) is 6.10 Å². The van der Waals surface area contributed by atoms with Gasteiger partial charge in [-0.1, -0.05) is 90.0 Å². The quantitative estimate of drug-likeness (QED) is 0.152. The van der Waals surface area contributed by atoms with Crippen LogP contribution in [0.3, 0.4) is 0 Å². The maximum absolute atomic E-state index is 6.54. The summed E-state index contributed by atoms with van der Waals surface area (Å²) in [6.45, 7) is 3.98. The van der Waals surface area contributed by atoms with Crippen LogP contribution in [0.25, 0.3) is 17.2 Å². The van der Waals surface area contributed by atoms with Crippen LogP contribution >= 0.6 is 23.2 Å². The van der Waals surface area contributed by atoms with Crippen molar-refractivity contribution in [2.75, 3.05) is 26.3 Å². The van der Waals surface area contributed by atoms with Crippen molar-refractivity contribution in [1.29, 1.82) is 0 Å². The molecule has 0 aliphatic carbocycles. The van der Waals surface area contributed by atoms with E-state index >= 15 is 0 Å². The van der Waals surface area contributed by atoms with Crippen LogP contribution in [0.4, 0.5) is 0 Å². The zero-order valence-corrected chi connectivity index (χ0v) is 26.9. The number of hydrogen-bond donors (Lipinski definition) is 0. The molecule has 2 aliphatic rings. The van der Waals surface area contributed by atoms with Crippen molar-refractivity contribution in [2.24, 2.45) is 0 Å². The summed E-state index contributed by atoms with van der Waals surface area (Å²) in [6, 6.07) is 31.0. The zero-order chi connectivity index (χ0) is 31.3. The predicted molar refractivity (Wildman–Crippen MR) is 183 cm³/mol. The first kappa shape index (κ1) is 30.7. The Kier molecular flexibility index (Phi) is 9.24. The SMILES string of the molecule is Clc1cc(Cl)cc([C@@]2(Cn3ccnc3)OC[C@H](COc3ccc4c(c3)CCN(C/C=C/c3cccc(-c5ccccc5)c3)C4)O2)c1. The van der Waals surface area contributed by atoms with Gasteiger partial charge in [-0.05, 0) is 70.6 Å². The summed E-state index contributed by atoms with van der Waals surface area (Å²) < 4.78 is 21.0. The molecule has 0 radical (unpaired) electrons. The minimum Gasteiger partial charge on any atom is -0.491 e. The van der Waals surface area contributed by atoms with E-state index in [0.717, 1.165) is 37.4 Å². The van der Waals surface area contributed by atoms with Crippen molar-refractivity contribution < 1.29 is 14.2 Å². The van der Waals surface area contributed by atoms with E-state index in [4.69, 9.17) is 37.4 Å². The summed E-state index contributed by atoms with van der Waals surface area (Å²) in [5.74, 6) is -0.214. The van der Waals surface area contributed by atoms with Crippen molar-refractivity contribution in [1.82, 2.24) is 14.5 Å². The molecule has 6 nitrogen and oxygen atoms in total. The normalized spacial score (nSPS) is 19.8. The Bertz CT molecular complexity index is 1790. The van der Waals surface area contributed by atoms with Crippen LogP contribution in [0, 0.1) is 0 Å². The highest BCUT2D eigenvalue weighted by Crippen LogP contribution is 2.39. The lowest BCUT2D eigenvalue weighted by Crippen LogP contribution is -2.34. The number of hydrogen-bond acceptors (Lipinski definition) is 5. The summed E-state index contributed by atoms with van der Waals surface area (Å²) in [4.78, 5) is 6.65. The summed E-state index contributed by atoms with van der Waals surface area (Å²) in [5, 5.41) is 1.05. The van der Waals surface area contributed by atoms with Crippen LogP contribution in [0.5, 0.6) is 5.75 Å². The Hall–Kier alpha value is -3.91. The van der Waals surface area contributed by atoms with Crippen LogP contribution in [-0.4, -0.2) is 46.9 Å². The van der Waals surface area contributed by atoms with Crippen LogP contribution in [0.1, 0.15) is 22.3 Å². The molecule has 0 saturated carbocycles. The Morgan fingerprint density at radius 3 is 2.59 bits per heavy atom. The molecule has 0 unspecified atom stereocenters. The van der Waals surface area contributed by atoms with E-state index in [1.807, 2.05) is 29.0 Å². The Morgan fingerprint density at radius 2 is 1.76 bits per heavy atom. The van der Waals surface area contributed by atoms with E-state index in [1.165, 1.54) is 27.8 Å². The van der Waals surface area contributed by atoms with E-state index in [9.17, 15) is 0 Å². The molecule has 46 heavy (non-hydrogen) atoms. The van der Waals surface area contributed by atoms with Crippen LogP contribution in [0.2, 0.25) is 10.0 Å². The van der Waals surface area contributed by atoms with Crippen molar-refractivity contribution in [2.45, 2.75) is 31.4 Å². The molecule has 8 heteroatoms. The molecule has 0 amide bonds. The fraction of sp³-hybridized carbons (Fsp3) is 0.237. The second-order valence-electron chi connectivity index (χ2n) is 11.8. The first-order chi connectivity index (χ1) is 22.5. The van der Waals surface area contributed by atoms with Gasteiger partial charge in [0.05, 0.1) is 19.5 Å². The molecule has 4 aromatic carbocycles. The van der Waals surface area contributed by atoms with Gasteiger partial charge in [-0.25, -0.2) is 4.98 Å². The van der Waals surface area contributed by atoms with E-state index in [2.05, 4.69) is 88.8 Å². The van der Waals surface area contributed by atoms with Gasteiger partial charge in [0.15, 0.2) is 0 Å². The highest BCUT2D eigenvalue weighted by molar-refractivity contribution is 6.34. The third kappa shape index (κ3) is 7.22. The number of ether oxygens (including phenoxy) is 3. The van der Waals surface area contributed by atoms with Gasteiger partial charge >= 0.3 is 0 Å². The van der Waals surface area contributed by atoms with Gasteiger partial charge in [0.1, 0.15) is 18.5 Å². The zero-order valence-electron chi connectivity index (χ0n) is 25.4. The monoisotopic (exact) mass is 651 g/mol. The number of halogens is 2. The third-order valence-electron chi connectivity index (χ3n) is 8.48. The summed E-state index contributed by atoms with van der Waals surface area (Å²) in [6.07, 6.45) is 10.5. The van der Waals surface area contributed by atoms with Gasteiger partial charge in [-0.15, -0.1) is 0 Å². The largest absolute Gasteiger partial charge is 0.491 e. The second-order valence-corrected chi connectivity index (χ2v) is 12.7. The molecule has 0 bridgehead atoms. The molecule has 5 aromatic rings. The van der Waals surface area contributed by atoms with Gasteiger partial charge in [-0.3, -0.25) is 4.90 Å². The smallest absolute Gasteiger partial charge is 0.214 e. The molecule has 0 N–H and O–H groups in total. The lowest BCUT2D eigenvalue weighted by Gasteiger charge is -2.29. The van der Waals surface area contributed by atoms with Gasteiger partial charge < -0.3 is 18.8 Å². The summed E-state index contributed by atoms with van der Waals surface area (Å²) in [5.41, 5.74) is 7.12. The van der Waals surface area contributed by atoms with Crippen LogP contribution in [0.15, 0.2) is 116 Å². The minimum atomic E-state index is -1.05. The maximum atomic E-state index is 6.54. The first-order valence-electron chi connectivity index (χ1n) is 15.5. The lowest BCUT2D eigenvalue weighted by molar-refractivity contribution is -0.189. The van der Waals surface area contributed by atoms with E-state index in [1.54, 1.807) is 18.6 Å². The second kappa shape index (κ2) is 13.8. The molecule has 234 valence electrons. The third-order valence-corrected chi connectivity index (χ3v) is 8.92. The molecular weight excluding hydrogens is 617 g/mol. The van der Waals surface area contributed by atoms with Gasteiger partial charge in [-0.2, -0.15) is 0 Å². The molecule has 1 aromatic heterocycles. The first-order valence-corrected chi connectivity index (χ1v) is 16.3. The van der Waals surface area contributed by atoms with Crippen molar-refractivity contribution in [3.63, 3.8) is 0 Å². The topological polar surface area (TPSA) is 48.8 Å². The molecule has 2 atom stereocenters. The molecule has 2 aliphatic heterocycles. The number of fused-ring (bicyclic) bond motifs is 1. The highest BCUT2D eigenvalue weighted by Gasteiger charge is 2.44. The van der Waals surface area contributed by atoms with E-state index < -0.39 is 5.79 Å². The number of imidazole rings is 1. The standard InChI is InChI=1S/C38H35Cl2N3O3/c39-34-20-33(21-35(40)22-34)38(26-43-17-14-41-27-43)45-25-37(46-38)24-44-36-12-11-32-23-42(16-13-31(32)19-36)15-5-7-28-6-4-10-30(18-28)29-8-2-1-3-9-29/h1-12,14,17-22,27,37H,13,15-16,23-26H2/b7-5+/t37-,38-/m0/s1. The summed E-state index contributed by atoms with van der Waals surface area (Å²) in [7, 11) is 0. The Balaban J connectivity index is 0.948. The number of aromatic nitrogens is 2. The molecule has 0 spiro atoms. The molecule has 1 saturated heterocycles. The minimum absolute atomic E-state index is 0.270. The van der Waals surface area contributed by atoms with Crippen molar-refractivity contribution >= 4 is 29.3 Å². The van der Waals surface area contributed by atoms with E-state index in [0.29, 0.717) is 29.8 Å². The number of nitrogens with zero attached hydrogens (tertiary/aromatic N) is 3. The average molecular weight is 653 g/mol. The maximum Gasteiger partial charge on any atom is 0.214 e. The van der Waals surface area contributed by atoms with Crippen LogP contribution in [-0.2, 0) is 34.8 Å². The molecule has 3 heterocycles. The molecular formula is C38H35Cl2N3O3. The van der Waals surface area contributed by atoms with Gasteiger partial charge in [0.25, 0.3) is 0 Å². The lowest BCUT2D eigenvalue weighted by atomic mass is 9.99. The Morgan fingerprint density at radius 1 is 0.913 bits per heavy atom.